The van der Waals surface area contributed by atoms with Gasteiger partial charge in [0.05, 0.1) is 0 Å². The highest BCUT2D eigenvalue weighted by molar-refractivity contribution is 5.77. The first-order chi connectivity index (χ1) is 7.10. The second-order valence-electron chi connectivity index (χ2n) is 3.36. The van der Waals surface area contributed by atoms with Gasteiger partial charge in [-0.3, -0.25) is 10.1 Å². The normalized spacial score (nSPS) is 13.7. The Hall–Kier alpha value is -0.910. The van der Waals surface area contributed by atoms with Crippen molar-refractivity contribution in [2.45, 2.75) is 19.6 Å². The Morgan fingerprint density at radius 3 is 2.67 bits per heavy atom. The second-order valence-corrected chi connectivity index (χ2v) is 3.36. The van der Waals surface area contributed by atoms with Gasteiger partial charge in [0, 0.05) is 26.6 Å². The smallest absolute Gasteiger partial charge is 0.223 e. The maximum absolute atomic E-state index is 10.9. The molecule has 0 aromatic heterocycles. The molecule has 4 N–H and O–H groups in total. The zero-order chi connectivity index (χ0) is 11.7. The van der Waals surface area contributed by atoms with E-state index >= 15 is 0 Å². The minimum absolute atomic E-state index is 0.00427. The molecule has 1 amide bonds. The van der Waals surface area contributed by atoms with Crippen molar-refractivity contribution in [1.82, 2.24) is 16.0 Å². The van der Waals surface area contributed by atoms with Crippen LogP contribution in [-0.2, 0) is 4.79 Å². The molecule has 88 valence electrons. The molecular weight excluding hydrogens is 194 g/mol. The molecule has 0 saturated heterocycles. The Balaban J connectivity index is 3.64. The van der Waals surface area contributed by atoms with Crippen LogP contribution in [0.4, 0.5) is 0 Å². The number of likely N-dealkylation sites (N-methyl/N-ethyl adjacent to an activating group) is 1. The summed E-state index contributed by atoms with van der Waals surface area (Å²) in [6.45, 7) is 3.11. The molecule has 0 aliphatic carbocycles. The van der Waals surface area contributed by atoms with Gasteiger partial charge in [-0.1, -0.05) is 11.6 Å². The van der Waals surface area contributed by atoms with E-state index in [9.17, 15) is 4.79 Å². The third kappa shape index (κ3) is 8.11. The van der Waals surface area contributed by atoms with E-state index in [0.717, 1.165) is 5.57 Å². The monoisotopic (exact) mass is 215 g/mol. The number of nitrogens with one attached hydrogen (secondary N) is 3. The maximum atomic E-state index is 10.9. The van der Waals surface area contributed by atoms with Gasteiger partial charge in [0.2, 0.25) is 5.91 Å². The highest BCUT2D eigenvalue weighted by Gasteiger charge is 1.99. The number of rotatable bonds is 7. The Labute approximate surface area is 90.9 Å². The lowest BCUT2D eigenvalue weighted by molar-refractivity contribution is -0.119. The summed E-state index contributed by atoms with van der Waals surface area (Å²) in [6.07, 6.45) is 1.74. The average Bonchev–Trinajstić information content (AvgIpc) is 2.25. The lowest BCUT2D eigenvalue weighted by atomic mass is 10.2. The number of amides is 1. The third-order valence-corrected chi connectivity index (χ3v) is 1.99. The van der Waals surface area contributed by atoms with Crippen LogP contribution in [0.25, 0.3) is 0 Å². The number of aliphatic hydroxyl groups is 1. The van der Waals surface area contributed by atoms with E-state index in [1.54, 1.807) is 14.1 Å². The minimum Gasteiger partial charge on any atom is -0.377 e. The molecule has 0 aromatic rings. The highest BCUT2D eigenvalue weighted by atomic mass is 16.3. The predicted octanol–water partition coefficient (Wildman–Crippen LogP) is -0.804. The summed E-state index contributed by atoms with van der Waals surface area (Å²) in [5, 5.41) is 17.5. The van der Waals surface area contributed by atoms with Crippen molar-refractivity contribution in [2.75, 3.05) is 27.2 Å². The maximum Gasteiger partial charge on any atom is 0.223 e. The second kappa shape index (κ2) is 8.40. The lowest BCUT2D eigenvalue weighted by Gasteiger charge is -2.10. The van der Waals surface area contributed by atoms with Gasteiger partial charge in [0.25, 0.3) is 0 Å². The van der Waals surface area contributed by atoms with Gasteiger partial charge in [0.15, 0.2) is 0 Å². The summed E-state index contributed by atoms with van der Waals surface area (Å²) in [5.41, 5.74) is 1.09. The minimum atomic E-state index is -0.531. The molecule has 5 nitrogen and oxygen atoms in total. The highest BCUT2D eigenvalue weighted by Crippen LogP contribution is 1.93. The quantitative estimate of drug-likeness (QED) is 0.331. The van der Waals surface area contributed by atoms with E-state index in [1.165, 1.54) is 0 Å². The fourth-order valence-corrected chi connectivity index (χ4v) is 0.949. The number of hydrogen-bond donors (Lipinski definition) is 4. The largest absolute Gasteiger partial charge is 0.377 e. The Bertz CT molecular complexity index is 217. The molecule has 1 atom stereocenters. The molecule has 0 saturated carbocycles. The third-order valence-electron chi connectivity index (χ3n) is 1.99. The molecule has 5 heteroatoms. The van der Waals surface area contributed by atoms with E-state index in [-0.39, 0.29) is 5.91 Å². The van der Waals surface area contributed by atoms with Crippen molar-refractivity contribution in [3.63, 3.8) is 0 Å². The van der Waals surface area contributed by atoms with Gasteiger partial charge in [-0.15, -0.1) is 0 Å². The fraction of sp³-hybridized carbons (Fsp3) is 0.700. The van der Waals surface area contributed by atoms with Crippen LogP contribution in [0, 0.1) is 0 Å². The topological polar surface area (TPSA) is 73.4 Å². The van der Waals surface area contributed by atoms with Crippen molar-refractivity contribution >= 4 is 5.91 Å². The van der Waals surface area contributed by atoms with Crippen LogP contribution in [0.1, 0.15) is 13.3 Å². The van der Waals surface area contributed by atoms with E-state index in [1.807, 2.05) is 13.0 Å². The zero-order valence-corrected chi connectivity index (χ0v) is 9.63. The average molecular weight is 215 g/mol. The van der Waals surface area contributed by atoms with Crippen LogP contribution in [0.5, 0.6) is 0 Å². The molecule has 0 radical (unpaired) electrons. The molecule has 0 aromatic carbocycles. The number of aliphatic hydroxyl groups excluding tert-OH is 1. The first-order valence-corrected chi connectivity index (χ1v) is 5.02. The van der Waals surface area contributed by atoms with Crippen molar-refractivity contribution in [3.8, 4) is 0 Å². The number of carbonyl (C=O) groups excluding carboxylic acids is 1. The predicted molar refractivity (Wildman–Crippen MR) is 60.4 cm³/mol. The van der Waals surface area contributed by atoms with Crippen LogP contribution in [0.2, 0.25) is 0 Å². The van der Waals surface area contributed by atoms with E-state index < -0.39 is 6.23 Å². The van der Waals surface area contributed by atoms with Gasteiger partial charge in [-0.05, 0) is 14.0 Å². The summed E-state index contributed by atoms with van der Waals surface area (Å²) in [6, 6.07) is 0. The van der Waals surface area contributed by atoms with Crippen LogP contribution in [0.3, 0.4) is 0 Å². The van der Waals surface area contributed by atoms with E-state index in [0.29, 0.717) is 19.5 Å². The molecule has 15 heavy (non-hydrogen) atoms. The summed E-state index contributed by atoms with van der Waals surface area (Å²) in [7, 11) is 3.31. The lowest BCUT2D eigenvalue weighted by Crippen LogP contribution is -2.36. The molecule has 0 spiro atoms. The van der Waals surface area contributed by atoms with Crippen molar-refractivity contribution < 1.29 is 9.90 Å². The molecule has 0 rings (SSSR count). The van der Waals surface area contributed by atoms with Gasteiger partial charge in [-0.2, -0.15) is 0 Å². The Morgan fingerprint density at radius 1 is 1.47 bits per heavy atom. The fourth-order valence-electron chi connectivity index (χ4n) is 0.949. The SMILES string of the molecule is CNC(=O)C/C=C(\C)CNCC(O)NC. The van der Waals surface area contributed by atoms with Gasteiger partial charge in [0.1, 0.15) is 6.23 Å². The van der Waals surface area contributed by atoms with Gasteiger partial charge >= 0.3 is 0 Å². The summed E-state index contributed by atoms with van der Waals surface area (Å²) < 4.78 is 0. The van der Waals surface area contributed by atoms with E-state index in [4.69, 9.17) is 5.11 Å². The van der Waals surface area contributed by atoms with Gasteiger partial charge < -0.3 is 15.7 Å². The summed E-state index contributed by atoms with van der Waals surface area (Å²) >= 11 is 0. The van der Waals surface area contributed by atoms with E-state index in [2.05, 4.69) is 16.0 Å². The Morgan fingerprint density at radius 2 is 2.13 bits per heavy atom. The first-order valence-electron chi connectivity index (χ1n) is 5.02. The molecular formula is C10H21N3O2. The van der Waals surface area contributed by atoms with Crippen LogP contribution < -0.4 is 16.0 Å². The summed E-state index contributed by atoms with van der Waals surface area (Å²) in [4.78, 5) is 10.9. The molecule has 0 bridgehead atoms. The van der Waals surface area contributed by atoms with Crippen LogP contribution >= 0.6 is 0 Å². The zero-order valence-electron chi connectivity index (χ0n) is 9.63. The first kappa shape index (κ1) is 14.1. The Kier molecular flexibility index (Phi) is 7.89. The van der Waals surface area contributed by atoms with Crippen molar-refractivity contribution in [1.29, 1.82) is 0 Å². The van der Waals surface area contributed by atoms with Crippen molar-refractivity contribution in [3.05, 3.63) is 11.6 Å². The molecule has 0 fully saturated rings. The molecule has 0 aliphatic rings. The number of hydrogen-bond acceptors (Lipinski definition) is 4. The van der Waals surface area contributed by atoms with Crippen LogP contribution in [-0.4, -0.2) is 44.4 Å². The van der Waals surface area contributed by atoms with Gasteiger partial charge in [-0.25, -0.2) is 0 Å². The standard InChI is InChI=1S/C10H21N3O2/c1-8(4-5-9(14)11-2)6-13-7-10(15)12-3/h4,10,12-13,15H,5-7H2,1-3H3,(H,11,14)/b8-4+. The van der Waals surface area contributed by atoms with Crippen molar-refractivity contribution in [2.24, 2.45) is 0 Å². The summed E-state index contributed by atoms with van der Waals surface area (Å²) in [5.74, 6) is 0.00427. The molecule has 0 heterocycles. The molecule has 1 unspecified atom stereocenters. The molecule has 0 aliphatic heterocycles. The van der Waals surface area contributed by atoms with Crippen LogP contribution in [0.15, 0.2) is 11.6 Å². The number of carbonyl (C=O) groups is 1.